The number of hydrogen-bond acceptors (Lipinski definition) is 5. The fraction of sp³-hybridized carbons (Fsp3) is 0.545. The molecule has 0 spiro atoms. The van der Waals surface area contributed by atoms with E-state index in [0.717, 1.165) is 19.4 Å². The van der Waals surface area contributed by atoms with E-state index < -0.39 is 0 Å². The molecule has 4 N–H and O–H groups in total. The van der Waals surface area contributed by atoms with Crippen molar-refractivity contribution in [2.75, 3.05) is 18.5 Å². The molecule has 2 rings (SSSR count). The maximum Gasteiger partial charge on any atom is 0.225 e. The van der Waals surface area contributed by atoms with E-state index in [-0.39, 0.29) is 11.9 Å². The highest BCUT2D eigenvalue weighted by molar-refractivity contribution is 5.93. The number of anilines is 1. The van der Waals surface area contributed by atoms with E-state index in [1.165, 1.54) is 0 Å². The Labute approximate surface area is 100.0 Å². The van der Waals surface area contributed by atoms with Crippen molar-refractivity contribution in [1.29, 1.82) is 5.41 Å². The van der Waals surface area contributed by atoms with Gasteiger partial charge in [-0.05, 0) is 24.8 Å². The third-order valence-electron chi connectivity index (χ3n) is 3.00. The minimum Gasteiger partial charge on any atom is -0.393 e. The fourth-order valence-electron chi connectivity index (χ4n) is 2.00. The monoisotopic (exact) mass is 235 g/mol. The van der Waals surface area contributed by atoms with Crippen LogP contribution in [0, 0.1) is 11.3 Å². The molecule has 0 atom stereocenters. The number of hydrogen-bond donors (Lipinski definition) is 3. The van der Waals surface area contributed by atoms with Crippen LogP contribution in [0.4, 0.5) is 5.95 Å². The Kier molecular flexibility index (Phi) is 3.23. The molecule has 6 nitrogen and oxygen atoms in total. The second-order valence-electron chi connectivity index (χ2n) is 4.53. The van der Waals surface area contributed by atoms with E-state index >= 15 is 0 Å². The SMILES string of the molecule is CN(CC1CC(O)C1)c1nccc(C(=N)N)n1. The maximum absolute atomic E-state index is 9.22. The molecule has 0 aromatic carbocycles. The first kappa shape index (κ1) is 11.8. The summed E-state index contributed by atoms with van der Waals surface area (Å²) in [7, 11) is 1.91. The second-order valence-corrected chi connectivity index (χ2v) is 4.53. The predicted molar refractivity (Wildman–Crippen MR) is 65.0 cm³/mol. The Morgan fingerprint density at radius 3 is 2.94 bits per heavy atom. The third kappa shape index (κ3) is 2.71. The van der Waals surface area contributed by atoms with Gasteiger partial charge in [0.1, 0.15) is 11.5 Å². The Hall–Kier alpha value is -1.69. The van der Waals surface area contributed by atoms with Gasteiger partial charge in [0.05, 0.1) is 6.10 Å². The molecule has 0 amide bonds. The van der Waals surface area contributed by atoms with Gasteiger partial charge in [-0.2, -0.15) is 0 Å². The average molecular weight is 235 g/mol. The quantitative estimate of drug-likeness (QED) is 0.502. The summed E-state index contributed by atoms with van der Waals surface area (Å²) in [5.41, 5.74) is 5.82. The second kappa shape index (κ2) is 4.67. The smallest absolute Gasteiger partial charge is 0.225 e. The zero-order valence-corrected chi connectivity index (χ0v) is 9.80. The van der Waals surface area contributed by atoms with Crippen LogP contribution in [0.15, 0.2) is 12.3 Å². The van der Waals surface area contributed by atoms with Crippen LogP contribution in [0.1, 0.15) is 18.5 Å². The molecule has 0 radical (unpaired) electrons. The van der Waals surface area contributed by atoms with Gasteiger partial charge in [0.15, 0.2) is 0 Å². The van der Waals surface area contributed by atoms with Crippen molar-refractivity contribution in [2.24, 2.45) is 11.7 Å². The van der Waals surface area contributed by atoms with Gasteiger partial charge in [-0.25, -0.2) is 9.97 Å². The standard InChI is InChI=1S/C11H17N5O/c1-16(6-7-4-8(17)5-7)11-14-3-2-9(15-11)10(12)13/h2-3,7-8,17H,4-6H2,1H3,(H3,12,13). The van der Waals surface area contributed by atoms with Crippen LogP contribution in [-0.2, 0) is 0 Å². The van der Waals surface area contributed by atoms with Crippen molar-refractivity contribution in [3.63, 3.8) is 0 Å². The largest absolute Gasteiger partial charge is 0.393 e. The summed E-state index contributed by atoms with van der Waals surface area (Å²) >= 11 is 0. The van der Waals surface area contributed by atoms with Gasteiger partial charge in [0.2, 0.25) is 5.95 Å². The predicted octanol–water partition coefficient (Wildman–Crippen LogP) is -0.0322. The van der Waals surface area contributed by atoms with Crippen molar-refractivity contribution in [3.05, 3.63) is 18.0 Å². The first-order chi connectivity index (χ1) is 8.06. The number of nitrogens with two attached hydrogens (primary N) is 1. The van der Waals surface area contributed by atoms with E-state index in [2.05, 4.69) is 9.97 Å². The van der Waals surface area contributed by atoms with Gasteiger partial charge in [-0.3, -0.25) is 5.41 Å². The van der Waals surface area contributed by atoms with Gasteiger partial charge < -0.3 is 15.7 Å². The number of aromatic nitrogens is 2. The molecule has 0 bridgehead atoms. The highest BCUT2D eigenvalue weighted by Gasteiger charge is 2.28. The van der Waals surface area contributed by atoms with Crippen LogP contribution < -0.4 is 10.6 Å². The van der Waals surface area contributed by atoms with Crippen molar-refractivity contribution >= 4 is 11.8 Å². The van der Waals surface area contributed by atoms with E-state index in [0.29, 0.717) is 17.6 Å². The van der Waals surface area contributed by atoms with Crippen LogP contribution in [0.3, 0.4) is 0 Å². The molecule has 0 aliphatic heterocycles. The summed E-state index contributed by atoms with van der Waals surface area (Å²) in [5, 5.41) is 16.5. The van der Waals surface area contributed by atoms with E-state index in [1.807, 2.05) is 11.9 Å². The molecule has 1 saturated carbocycles. The Balaban J connectivity index is 2.00. The number of rotatable bonds is 4. The summed E-state index contributed by atoms with van der Waals surface area (Å²) in [6.07, 6.45) is 3.15. The molecule has 1 fully saturated rings. The van der Waals surface area contributed by atoms with E-state index in [9.17, 15) is 5.11 Å². The molecule has 1 aromatic rings. The van der Waals surface area contributed by atoms with Gasteiger partial charge in [0, 0.05) is 19.8 Å². The molecule has 1 aliphatic rings. The number of aliphatic hydroxyl groups excluding tert-OH is 1. The highest BCUT2D eigenvalue weighted by Crippen LogP contribution is 2.28. The van der Waals surface area contributed by atoms with Gasteiger partial charge in [0.25, 0.3) is 0 Å². The third-order valence-corrected chi connectivity index (χ3v) is 3.00. The molecule has 1 aromatic heterocycles. The molecular weight excluding hydrogens is 218 g/mol. The summed E-state index contributed by atoms with van der Waals surface area (Å²) in [6, 6.07) is 1.62. The summed E-state index contributed by atoms with van der Waals surface area (Å²) < 4.78 is 0. The number of nitrogens with zero attached hydrogens (tertiary/aromatic N) is 3. The minimum absolute atomic E-state index is 0.0545. The van der Waals surface area contributed by atoms with Crippen molar-refractivity contribution < 1.29 is 5.11 Å². The minimum atomic E-state index is -0.141. The molecule has 0 unspecified atom stereocenters. The first-order valence-corrected chi connectivity index (χ1v) is 5.63. The number of amidine groups is 1. The first-order valence-electron chi connectivity index (χ1n) is 5.63. The van der Waals surface area contributed by atoms with Crippen molar-refractivity contribution in [1.82, 2.24) is 9.97 Å². The van der Waals surface area contributed by atoms with Crippen molar-refractivity contribution in [2.45, 2.75) is 18.9 Å². The van der Waals surface area contributed by atoms with Crippen LogP contribution in [0.25, 0.3) is 0 Å². The highest BCUT2D eigenvalue weighted by atomic mass is 16.3. The average Bonchev–Trinajstić information content (AvgIpc) is 2.27. The molecule has 92 valence electrons. The zero-order chi connectivity index (χ0) is 12.4. The summed E-state index contributed by atoms with van der Waals surface area (Å²) in [6.45, 7) is 0.818. The molecular formula is C11H17N5O. The van der Waals surface area contributed by atoms with E-state index in [1.54, 1.807) is 12.3 Å². The van der Waals surface area contributed by atoms with Crippen LogP contribution in [-0.4, -0.2) is 40.6 Å². The number of nitrogen functional groups attached to an aromatic ring is 1. The van der Waals surface area contributed by atoms with Gasteiger partial charge >= 0.3 is 0 Å². The molecule has 17 heavy (non-hydrogen) atoms. The maximum atomic E-state index is 9.22. The van der Waals surface area contributed by atoms with Crippen molar-refractivity contribution in [3.8, 4) is 0 Å². The van der Waals surface area contributed by atoms with Gasteiger partial charge in [-0.1, -0.05) is 0 Å². The van der Waals surface area contributed by atoms with Crippen LogP contribution >= 0.6 is 0 Å². The van der Waals surface area contributed by atoms with Crippen LogP contribution in [0.5, 0.6) is 0 Å². The fourth-order valence-corrected chi connectivity index (χ4v) is 2.00. The summed E-state index contributed by atoms with van der Waals surface area (Å²) in [5.74, 6) is 1.01. The lowest BCUT2D eigenvalue weighted by atomic mass is 9.82. The number of aliphatic hydroxyl groups is 1. The lowest BCUT2D eigenvalue weighted by Gasteiger charge is -2.34. The van der Waals surface area contributed by atoms with E-state index in [4.69, 9.17) is 11.1 Å². The Morgan fingerprint density at radius 1 is 1.65 bits per heavy atom. The molecule has 1 heterocycles. The zero-order valence-electron chi connectivity index (χ0n) is 9.80. The Morgan fingerprint density at radius 2 is 2.35 bits per heavy atom. The lowest BCUT2D eigenvalue weighted by Crippen LogP contribution is -2.37. The van der Waals surface area contributed by atoms with Crippen LogP contribution in [0.2, 0.25) is 0 Å². The Bertz CT molecular complexity index is 416. The molecule has 6 heteroatoms. The number of nitrogens with one attached hydrogen (secondary N) is 1. The molecule has 1 aliphatic carbocycles. The molecule has 0 saturated heterocycles. The normalized spacial score (nSPS) is 22.9. The topological polar surface area (TPSA) is 99.1 Å². The lowest BCUT2D eigenvalue weighted by molar-refractivity contribution is 0.0463. The van der Waals surface area contributed by atoms with Gasteiger partial charge in [-0.15, -0.1) is 0 Å². The summed E-state index contributed by atoms with van der Waals surface area (Å²) in [4.78, 5) is 10.3.